The summed E-state index contributed by atoms with van der Waals surface area (Å²) in [6.07, 6.45) is 7.50. The average molecular weight is 376 g/mol. The van der Waals surface area contributed by atoms with Gasteiger partial charge >= 0.3 is 0 Å². The summed E-state index contributed by atoms with van der Waals surface area (Å²) in [5, 5.41) is 3.07. The SMILES string of the molecule is CN(C)CCCNC(=O)CC[C@H]1CN(Cc2cccnc2)CC[C@H]1N(C)C. The first-order valence-electron chi connectivity index (χ1n) is 10.1. The Bertz CT molecular complexity index is 549. The van der Waals surface area contributed by atoms with E-state index in [1.807, 2.05) is 18.5 Å². The van der Waals surface area contributed by atoms with Crippen LogP contribution in [-0.4, -0.2) is 86.0 Å². The largest absolute Gasteiger partial charge is 0.356 e. The zero-order valence-corrected chi connectivity index (χ0v) is 17.5. The first kappa shape index (κ1) is 21.8. The predicted octanol–water partition coefficient (Wildman–Crippen LogP) is 1.68. The van der Waals surface area contributed by atoms with Crippen LogP contribution in [0.3, 0.4) is 0 Å². The zero-order chi connectivity index (χ0) is 19.6. The molecule has 0 radical (unpaired) electrons. The number of pyridine rings is 1. The van der Waals surface area contributed by atoms with E-state index in [-0.39, 0.29) is 5.91 Å². The van der Waals surface area contributed by atoms with E-state index in [9.17, 15) is 4.79 Å². The Labute approximate surface area is 164 Å². The van der Waals surface area contributed by atoms with Crippen molar-refractivity contribution in [1.82, 2.24) is 25.0 Å². The summed E-state index contributed by atoms with van der Waals surface area (Å²) in [5.41, 5.74) is 1.26. The number of likely N-dealkylation sites (tertiary alicyclic amines) is 1. The summed E-state index contributed by atoms with van der Waals surface area (Å²) >= 11 is 0. The molecule has 0 aliphatic carbocycles. The molecule has 1 N–H and O–H groups in total. The van der Waals surface area contributed by atoms with Crippen molar-refractivity contribution in [1.29, 1.82) is 0 Å². The first-order valence-corrected chi connectivity index (χ1v) is 10.1. The molecule has 6 heteroatoms. The molecule has 1 aromatic rings. The van der Waals surface area contributed by atoms with Crippen LogP contribution < -0.4 is 5.32 Å². The van der Waals surface area contributed by atoms with Crippen LogP contribution in [0.4, 0.5) is 0 Å². The van der Waals surface area contributed by atoms with Crippen molar-refractivity contribution in [2.45, 2.75) is 38.3 Å². The molecule has 2 rings (SSSR count). The lowest BCUT2D eigenvalue weighted by Crippen LogP contribution is -2.48. The molecule has 152 valence electrons. The fourth-order valence-corrected chi connectivity index (χ4v) is 3.98. The fourth-order valence-electron chi connectivity index (χ4n) is 3.98. The number of hydrogen-bond acceptors (Lipinski definition) is 5. The van der Waals surface area contributed by atoms with E-state index in [0.29, 0.717) is 18.4 Å². The van der Waals surface area contributed by atoms with Crippen LogP contribution in [0.1, 0.15) is 31.2 Å². The van der Waals surface area contributed by atoms with Crippen molar-refractivity contribution < 1.29 is 4.79 Å². The average Bonchev–Trinajstić information content (AvgIpc) is 2.64. The molecule has 1 aliphatic rings. The molecule has 1 aliphatic heterocycles. The third-order valence-corrected chi connectivity index (χ3v) is 5.42. The molecule has 0 aromatic carbocycles. The smallest absolute Gasteiger partial charge is 0.220 e. The van der Waals surface area contributed by atoms with Gasteiger partial charge in [-0.2, -0.15) is 0 Å². The van der Waals surface area contributed by atoms with Gasteiger partial charge in [0.1, 0.15) is 0 Å². The van der Waals surface area contributed by atoms with Crippen LogP contribution in [0.25, 0.3) is 0 Å². The standard InChI is InChI=1S/C21H37N5O/c1-24(2)13-6-12-23-21(27)9-8-19-17-26(14-10-20(19)25(3)4)16-18-7-5-11-22-15-18/h5,7,11,15,19-20H,6,8-10,12-14,16-17H2,1-4H3,(H,23,27)/t19-,20+/m0/s1. The maximum atomic E-state index is 12.2. The van der Waals surface area contributed by atoms with Crippen LogP contribution in [0, 0.1) is 5.92 Å². The van der Waals surface area contributed by atoms with Crippen molar-refractivity contribution in [2.24, 2.45) is 5.92 Å². The number of nitrogens with zero attached hydrogens (tertiary/aromatic N) is 4. The minimum atomic E-state index is 0.190. The summed E-state index contributed by atoms with van der Waals surface area (Å²) in [7, 11) is 8.44. The van der Waals surface area contributed by atoms with E-state index in [2.05, 4.69) is 59.3 Å². The molecule has 1 aromatic heterocycles. The Morgan fingerprint density at radius 3 is 2.81 bits per heavy atom. The van der Waals surface area contributed by atoms with Crippen molar-refractivity contribution >= 4 is 5.91 Å². The number of nitrogens with one attached hydrogen (secondary N) is 1. The van der Waals surface area contributed by atoms with Gasteiger partial charge in [-0.3, -0.25) is 14.7 Å². The maximum absolute atomic E-state index is 12.2. The molecule has 0 unspecified atom stereocenters. The highest BCUT2D eigenvalue weighted by Crippen LogP contribution is 2.26. The number of carbonyl (C=O) groups is 1. The molecule has 0 spiro atoms. The van der Waals surface area contributed by atoms with Gasteiger partial charge in [-0.05, 0) is 78.1 Å². The molecule has 27 heavy (non-hydrogen) atoms. The fraction of sp³-hybridized carbons (Fsp3) is 0.714. The summed E-state index contributed by atoms with van der Waals surface area (Å²) in [6.45, 7) is 4.87. The minimum Gasteiger partial charge on any atom is -0.356 e. The number of rotatable bonds is 10. The number of hydrogen-bond donors (Lipinski definition) is 1. The van der Waals surface area contributed by atoms with Crippen molar-refractivity contribution in [3.05, 3.63) is 30.1 Å². The number of aromatic nitrogens is 1. The molecule has 1 fully saturated rings. The Hall–Kier alpha value is -1.50. The van der Waals surface area contributed by atoms with Crippen molar-refractivity contribution in [3.63, 3.8) is 0 Å². The van der Waals surface area contributed by atoms with E-state index in [1.165, 1.54) is 5.56 Å². The second-order valence-electron chi connectivity index (χ2n) is 8.22. The molecule has 6 nitrogen and oxygen atoms in total. The summed E-state index contributed by atoms with van der Waals surface area (Å²) in [5.74, 6) is 0.716. The Balaban J connectivity index is 1.80. The van der Waals surface area contributed by atoms with Crippen LogP contribution >= 0.6 is 0 Å². The monoisotopic (exact) mass is 375 g/mol. The third kappa shape index (κ3) is 7.95. The van der Waals surface area contributed by atoms with E-state index < -0.39 is 0 Å². The highest BCUT2D eigenvalue weighted by atomic mass is 16.1. The van der Waals surface area contributed by atoms with Crippen LogP contribution in [-0.2, 0) is 11.3 Å². The normalized spacial score (nSPS) is 21.0. The van der Waals surface area contributed by atoms with E-state index in [0.717, 1.165) is 52.0 Å². The van der Waals surface area contributed by atoms with E-state index in [1.54, 1.807) is 0 Å². The summed E-state index contributed by atoms with van der Waals surface area (Å²) < 4.78 is 0. The van der Waals surface area contributed by atoms with Crippen LogP contribution in [0.5, 0.6) is 0 Å². The quantitative estimate of drug-likeness (QED) is 0.631. The molecular formula is C21H37N5O. The van der Waals surface area contributed by atoms with Gasteiger partial charge in [0.15, 0.2) is 0 Å². The highest BCUT2D eigenvalue weighted by molar-refractivity contribution is 5.75. The third-order valence-electron chi connectivity index (χ3n) is 5.42. The molecule has 2 heterocycles. The van der Waals surface area contributed by atoms with Crippen LogP contribution in [0.15, 0.2) is 24.5 Å². The van der Waals surface area contributed by atoms with Gasteiger partial charge < -0.3 is 15.1 Å². The Kier molecular flexibility index (Phi) is 9.18. The number of piperidine rings is 1. The predicted molar refractivity (Wildman–Crippen MR) is 111 cm³/mol. The van der Waals surface area contributed by atoms with Gasteiger partial charge in [-0.15, -0.1) is 0 Å². The van der Waals surface area contributed by atoms with Gasteiger partial charge in [-0.1, -0.05) is 6.07 Å². The summed E-state index contributed by atoms with van der Waals surface area (Å²) in [4.78, 5) is 23.4. The topological polar surface area (TPSA) is 51.7 Å². The minimum absolute atomic E-state index is 0.190. The van der Waals surface area contributed by atoms with Gasteiger partial charge in [0.25, 0.3) is 0 Å². The molecule has 2 atom stereocenters. The van der Waals surface area contributed by atoms with Gasteiger partial charge in [0.2, 0.25) is 5.91 Å². The second kappa shape index (κ2) is 11.4. The second-order valence-corrected chi connectivity index (χ2v) is 8.22. The van der Waals surface area contributed by atoms with E-state index in [4.69, 9.17) is 0 Å². The van der Waals surface area contributed by atoms with Crippen LogP contribution in [0.2, 0.25) is 0 Å². The molecule has 1 amide bonds. The zero-order valence-electron chi connectivity index (χ0n) is 17.5. The number of carbonyl (C=O) groups excluding carboxylic acids is 1. The Morgan fingerprint density at radius 1 is 1.33 bits per heavy atom. The summed E-state index contributed by atoms with van der Waals surface area (Å²) in [6, 6.07) is 4.69. The molecule has 1 saturated heterocycles. The molecule has 0 saturated carbocycles. The lowest BCUT2D eigenvalue weighted by atomic mass is 9.87. The van der Waals surface area contributed by atoms with E-state index >= 15 is 0 Å². The first-order chi connectivity index (χ1) is 13.0. The number of amides is 1. The van der Waals surface area contributed by atoms with Gasteiger partial charge in [0.05, 0.1) is 0 Å². The molecule has 0 bridgehead atoms. The Morgan fingerprint density at radius 2 is 2.15 bits per heavy atom. The lowest BCUT2D eigenvalue weighted by Gasteiger charge is -2.41. The maximum Gasteiger partial charge on any atom is 0.220 e. The van der Waals surface area contributed by atoms with Crippen molar-refractivity contribution in [2.75, 3.05) is 54.4 Å². The van der Waals surface area contributed by atoms with Crippen molar-refractivity contribution in [3.8, 4) is 0 Å². The molecular weight excluding hydrogens is 338 g/mol. The van der Waals surface area contributed by atoms with Gasteiger partial charge in [0, 0.05) is 44.5 Å². The van der Waals surface area contributed by atoms with Gasteiger partial charge in [-0.25, -0.2) is 0 Å². The highest BCUT2D eigenvalue weighted by Gasteiger charge is 2.30. The lowest BCUT2D eigenvalue weighted by molar-refractivity contribution is -0.121.